The molecule has 1 aromatic rings. The van der Waals surface area contributed by atoms with E-state index in [1.165, 1.54) is 7.11 Å². The lowest BCUT2D eigenvalue weighted by molar-refractivity contribution is 0.0592. The van der Waals surface area contributed by atoms with Gasteiger partial charge in [-0.3, -0.25) is 0 Å². The summed E-state index contributed by atoms with van der Waals surface area (Å²) in [7, 11) is 1.35. The number of aromatic nitrogens is 3. The van der Waals surface area contributed by atoms with E-state index in [1.807, 2.05) is 6.92 Å². The van der Waals surface area contributed by atoms with Crippen LogP contribution < -0.4 is 0 Å². The topological polar surface area (TPSA) is 66.2 Å². The Morgan fingerprint density at radius 2 is 2.50 bits per heavy atom. The molecule has 0 aliphatic carbocycles. The van der Waals surface area contributed by atoms with Crippen LogP contribution in [0.2, 0.25) is 0 Å². The molecule has 1 unspecified atom stereocenters. The van der Waals surface area contributed by atoms with Gasteiger partial charge in [-0.1, -0.05) is 12.1 Å². The fourth-order valence-electron chi connectivity index (χ4n) is 1.91. The Morgan fingerprint density at radius 1 is 1.69 bits per heavy atom. The highest BCUT2D eigenvalue weighted by molar-refractivity contribution is 5.88. The second-order valence-electron chi connectivity index (χ2n) is 3.69. The van der Waals surface area contributed by atoms with Crippen molar-refractivity contribution in [2.45, 2.75) is 25.8 Å². The highest BCUT2D eigenvalue weighted by Gasteiger charge is 2.25. The Hall–Kier alpha value is -1.43. The number of rotatable bonds is 3. The van der Waals surface area contributed by atoms with E-state index in [9.17, 15) is 4.79 Å². The summed E-state index contributed by atoms with van der Waals surface area (Å²) in [6.45, 7) is 3.34. The van der Waals surface area contributed by atoms with Crippen LogP contribution in [0, 0.1) is 0 Å². The lowest BCUT2D eigenvalue weighted by Gasteiger charge is -2.10. The minimum atomic E-state index is -0.429. The van der Waals surface area contributed by atoms with Crippen molar-refractivity contribution in [1.29, 1.82) is 0 Å². The lowest BCUT2D eigenvalue weighted by Crippen LogP contribution is -2.15. The zero-order valence-corrected chi connectivity index (χ0v) is 9.47. The minimum Gasteiger partial charge on any atom is -0.464 e. The molecule has 1 fully saturated rings. The van der Waals surface area contributed by atoms with Crippen LogP contribution in [-0.2, 0) is 15.9 Å². The molecule has 1 aromatic heterocycles. The summed E-state index contributed by atoms with van der Waals surface area (Å²) < 4.78 is 11.8. The van der Waals surface area contributed by atoms with Gasteiger partial charge >= 0.3 is 5.97 Å². The quantitative estimate of drug-likeness (QED) is 0.704. The van der Waals surface area contributed by atoms with Gasteiger partial charge in [0.05, 0.1) is 25.5 Å². The Kier molecular flexibility index (Phi) is 3.19. The van der Waals surface area contributed by atoms with Gasteiger partial charge in [0.2, 0.25) is 0 Å². The summed E-state index contributed by atoms with van der Waals surface area (Å²) in [5.74, 6) is -0.429. The summed E-state index contributed by atoms with van der Waals surface area (Å²) in [5.41, 5.74) is 1.14. The highest BCUT2D eigenvalue weighted by atomic mass is 16.5. The molecule has 2 rings (SSSR count). The predicted molar refractivity (Wildman–Crippen MR) is 55.2 cm³/mol. The monoisotopic (exact) mass is 225 g/mol. The van der Waals surface area contributed by atoms with E-state index < -0.39 is 5.97 Å². The molecule has 16 heavy (non-hydrogen) atoms. The second kappa shape index (κ2) is 4.61. The van der Waals surface area contributed by atoms with Gasteiger partial charge in [-0.05, 0) is 12.8 Å². The highest BCUT2D eigenvalue weighted by Crippen LogP contribution is 2.21. The van der Waals surface area contributed by atoms with Crippen LogP contribution in [0.1, 0.15) is 35.6 Å². The summed E-state index contributed by atoms with van der Waals surface area (Å²) >= 11 is 0. The zero-order valence-electron chi connectivity index (χ0n) is 9.47. The minimum absolute atomic E-state index is 0.195. The molecule has 0 amide bonds. The van der Waals surface area contributed by atoms with Crippen LogP contribution in [-0.4, -0.2) is 41.3 Å². The zero-order chi connectivity index (χ0) is 11.5. The predicted octanol–water partition coefficient (Wildman–Crippen LogP) is 0.589. The molecule has 0 spiro atoms. The molecular formula is C10H15N3O3. The second-order valence-corrected chi connectivity index (χ2v) is 3.69. The van der Waals surface area contributed by atoms with Crippen LogP contribution >= 0.6 is 0 Å². The first-order chi connectivity index (χ1) is 7.77. The molecule has 6 heteroatoms. The maximum Gasteiger partial charge on any atom is 0.360 e. The Morgan fingerprint density at radius 3 is 3.06 bits per heavy atom. The van der Waals surface area contributed by atoms with E-state index >= 15 is 0 Å². The van der Waals surface area contributed by atoms with Gasteiger partial charge in [-0.15, -0.1) is 5.10 Å². The Labute approximate surface area is 93.5 Å². The largest absolute Gasteiger partial charge is 0.464 e. The molecule has 1 saturated heterocycles. The molecule has 1 aliphatic rings. The van der Waals surface area contributed by atoms with Gasteiger partial charge in [0.15, 0.2) is 5.69 Å². The molecule has 88 valence electrons. The smallest absolute Gasteiger partial charge is 0.360 e. The van der Waals surface area contributed by atoms with Crippen LogP contribution in [0.4, 0.5) is 0 Å². The third-order valence-corrected chi connectivity index (χ3v) is 2.76. The number of ether oxygens (including phenoxy) is 2. The van der Waals surface area contributed by atoms with E-state index in [0.29, 0.717) is 18.7 Å². The summed E-state index contributed by atoms with van der Waals surface area (Å²) in [6.07, 6.45) is 1.62. The standard InChI is InChI=1S/C10H15N3O3/c1-3-8-9(10(14)15-2)11-12-13(8)7-4-5-16-6-7/h7H,3-6H2,1-2H3. The fourth-order valence-corrected chi connectivity index (χ4v) is 1.91. The molecule has 0 saturated carbocycles. The molecule has 6 nitrogen and oxygen atoms in total. The molecule has 2 heterocycles. The molecule has 0 aromatic carbocycles. The van der Waals surface area contributed by atoms with Crippen molar-refractivity contribution in [3.63, 3.8) is 0 Å². The van der Waals surface area contributed by atoms with Crippen molar-refractivity contribution in [3.8, 4) is 0 Å². The first kappa shape index (κ1) is 11.1. The molecule has 1 aliphatic heterocycles. The molecule has 0 N–H and O–H groups in total. The number of carbonyl (C=O) groups is 1. The van der Waals surface area contributed by atoms with Crippen molar-refractivity contribution in [2.24, 2.45) is 0 Å². The van der Waals surface area contributed by atoms with Crippen LogP contribution in [0.5, 0.6) is 0 Å². The van der Waals surface area contributed by atoms with Crippen molar-refractivity contribution >= 4 is 5.97 Å². The number of esters is 1. The maximum absolute atomic E-state index is 11.5. The van der Waals surface area contributed by atoms with Gasteiger partial charge in [0, 0.05) is 6.61 Å². The molecule has 0 bridgehead atoms. The molecular weight excluding hydrogens is 210 g/mol. The van der Waals surface area contributed by atoms with Gasteiger partial charge < -0.3 is 9.47 Å². The summed E-state index contributed by atoms with van der Waals surface area (Å²) in [4.78, 5) is 11.5. The number of nitrogens with zero attached hydrogens (tertiary/aromatic N) is 3. The van der Waals surface area contributed by atoms with Gasteiger partial charge in [0.25, 0.3) is 0 Å². The van der Waals surface area contributed by atoms with Gasteiger partial charge in [-0.25, -0.2) is 9.48 Å². The first-order valence-electron chi connectivity index (χ1n) is 5.38. The van der Waals surface area contributed by atoms with E-state index in [2.05, 4.69) is 15.0 Å². The third-order valence-electron chi connectivity index (χ3n) is 2.76. The number of methoxy groups -OCH3 is 1. The van der Waals surface area contributed by atoms with E-state index in [0.717, 1.165) is 18.7 Å². The van der Waals surface area contributed by atoms with E-state index in [4.69, 9.17) is 4.74 Å². The maximum atomic E-state index is 11.5. The number of hydrogen-bond acceptors (Lipinski definition) is 5. The molecule has 1 atom stereocenters. The SMILES string of the molecule is CCc1c(C(=O)OC)nnn1C1CCOC1. The van der Waals surface area contributed by atoms with Crippen LogP contribution in [0.25, 0.3) is 0 Å². The van der Waals surface area contributed by atoms with E-state index in [-0.39, 0.29) is 6.04 Å². The first-order valence-corrected chi connectivity index (χ1v) is 5.38. The molecule has 0 radical (unpaired) electrons. The van der Waals surface area contributed by atoms with Crippen molar-refractivity contribution in [2.75, 3.05) is 20.3 Å². The van der Waals surface area contributed by atoms with E-state index in [1.54, 1.807) is 4.68 Å². The Bertz CT molecular complexity index is 383. The third kappa shape index (κ3) is 1.80. The van der Waals surface area contributed by atoms with Gasteiger partial charge in [0.1, 0.15) is 0 Å². The Balaban J connectivity index is 2.31. The number of hydrogen-bond donors (Lipinski definition) is 0. The lowest BCUT2D eigenvalue weighted by atomic mass is 10.2. The normalized spacial score (nSPS) is 20.0. The van der Waals surface area contributed by atoms with Crippen molar-refractivity contribution in [1.82, 2.24) is 15.0 Å². The summed E-state index contributed by atoms with van der Waals surface area (Å²) in [5, 5.41) is 7.91. The van der Waals surface area contributed by atoms with Crippen molar-refractivity contribution in [3.05, 3.63) is 11.4 Å². The van der Waals surface area contributed by atoms with Crippen molar-refractivity contribution < 1.29 is 14.3 Å². The van der Waals surface area contributed by atoms with Crippen LogP contribution in [0.15, 0.2) is 0 Å². The average molecular weight is 225 g/mol. The summed E-state index contributed by atoms with van der Waals surface area (Å²) in [6, 6.07) is 0.195. The van der Waals surface area contributed by atoms with Crippen LogP contribution in [0.3, 0.4) is 0 Å². The number of carbonyl (C=O) groups excluding carboxylic acids is 1. The fraction of sp³-hybridized carbons (Fsp3) is 0.700. The average Bonchev–Trinajstić information content (AvgIpc) is 2.95. The van der Waals surface area contributed by atoms with Gasteiger partial charge in [-0.2, -0.15) is 0 Å².